The number of carbonyl (C=O) groups is 1. The second-order valence-corrected chi connectivity index (χ2v) is 9.63. The van der Waals surface area contributed by atoms with Gasteiger partial charge >= 0.3 is 5.97 Å². The Hall–Kier alpha value is -3.39. The van der Waals surface area contributed by atoms with Crippen LogP contribution in [-0.4, -0.2) is 48.3 Å². The molecule has 3 heterocycles. The first-order valence-electron chi connectivity index (χ1n) is 12.1. The number of aryl methyl sites for hydroxylation is 1. The van der Waals surface area contributed by atoms with Crippen LogP contribution in [0.1, 0.15) is 46.7 Å². The van der Waals surface area contributed by atoms with Crippen LogP contribution in [0.5, 0.6) is 0 Å². The van der Waals surface area contributed by atoms with Crippen molar-refractivity contribution in [1.82, 2.24) is 4.40 Å². The number of aromatic nitrogens is 1. The fourth-order valence-corrected chi connectivity index (χ4v) is 5.43. The predicted octanol–water partition coefficient (Wildman–Crippen LogP) is 4.28. The monoisotopic (exact) mass is 479 g/mol. The number of ether oxygens (including phenoxy) is 1. The third-order valence-electron chi connectivity index (χ3n) is 7.27. The molecule has 1 saturated carbocycles. The van der Waals surface area contributed by atoms with Gasteiger partial charge < -0.3 is 20.1 Å². The van der Waals surface area contributed by atoms with Crippen molar-refractivity contribution in [3.63, 3.8) is 0 Å². The second kappa shape index (κ2) is 9.34. The Balaban J connectivity index is 1.50. The number of nitrogens with one attached hydrogen (secondary N) is 1. The van der Waals surface area contributed by atoms with Crippen LogP contribution in [-0.2, 0) is 4.74 Å². The molecule has 35 heavy (non-hydrogen) atoms. The van der Waals surface area contributed by atoms with Gasteiger partial charge in [-0.1, -0.05) is 18.2 Å². The van der Waals surface area contributed by atoms with Gasteiger partial charge in [0.05, 0.1) is 30.0 Å². The molecule has 5 rings (SSSR count). The van der Waals surface area contributed by atoms with Gasteiger partial charge in [-0.05, 0) is 61.4 Å². The summed E-state index contributed by atoms with van der Waals surface area (Å²) in [5.41, 5.74) is 2.64. The lowest BCUT2D eigenvalue weighted by molar-refractivity contribution is 0.0694. The molecule has 7 nitrogen and oxygen atoms in total. The Morgan fingerprint density at radius 1 is 1.26 bits per heavy atom. The van der Waals surface area contributed by atoms with Gasteiger partial charge in [-0.2, -0.15) is 0 Å². The molecule has 2 atom stereocenters. The normalized spacial score (nSPS) is 18.7. The van der Waals surface area contributed by atoms with E-state index in [0.29, 0.717) is 36.5 Å². The lowest BCUT2D eigenvalue weighted by Crippen LogP contribution is -2.35. The van der Waals surface area contributed by atoms with Crippen molar-refractivity contribution in [1.29, 1.82) is 0 Å². The third-order valence-corrected chi connectivity index (χ3v) is 7.27. The summed E-state index contributed by atoms with van der Waals surface area (Å²) < 4.78 is 22.2. The molecule has 0 amide bonds. The zero-order chi connectivity index (χ0) is 24.7. The first kappa shape index (κ1) is 23.4. The highest BCUT2D eigenvalue weighted by atomic mass is 19.1. The van der Waals surface area contributed by atoms with Gasteiger partial charge in [0, 0.05) is 31.8 Å². The number of aromatic carboxylic acids is 1. The van der Waals surface area contributed by atoms with E-state index < -0.39 is 17.3 Å². The standard InChI is InChI=1S/C27H30FN3O4/c1-16-24-20(17-8-9-17)12-21(27(33)34)26(32)31(24)14-22(28)25(16)30-11-10-18(13-30)23(15-35-2)29-19-6-4-3-5-7-19/h3-7,12,14,17-18,23,29H,8-11,13,15H2,1-2H3,(H,33,34). The number of carboxylic acids is 1. The maximum Gasteiger partial charge on any atom is 0.341 e. The van der Waals surface area contributed by atoms with E-state index in [0.717, 1.165) is 30.5 Å². The Labute approximate surface area is 203 Å². The minimum atomic E-state index is -1.29. The van der Waals surface area contributed by atoms with Crippen molar-refractivity contribution >= 4 is 22.9 Å². The highest BCUT2D eigenvalue weighted by molar-refractivity contribution is 5.89. The fraction of sp³-hybridized carbons (Fsp3) is 0.407. The van der Waals surface area contributed by atoms with E-state index in [2.05, 4.69) is 10.2 Å². The zero-order valence-corrected chi connectivity index (χ0v) is 20.0. The summed E-state index contributed by atoms with van der Waals surface area (Å²) in [7, 11) is 1.68. The molecule has 1 aliphatic heterocycles. The number of anilines is 2. The first-order chi connectivity index (χ1) is 16.9. The van der Waals surface area contributed by atoms with Gasteiger partial charge in [0.15, 0.2) is 5.82 Å². The number of carboxylic acid groups (broad SMARTS) is 1. The quantitative estimate of drug-likeness (QED) is 0.502. The van der Waals surface area contributed by atoms with Crippen molar-refractivity contribution in [2.75, 3.05) is 37.0 Å². The summed E-state index contributed by atoms with van der Waals surface area (Å²) in [6.45, 7) is 3.71. The minimum absolute atomic E-state index is 0.0685. The van der Waals surface area contributed by atoms with E-state index >= 15 is 4.39 Å². The molecule has 2 aliphatic rings. The van der Waals surface area contributed by atoms with Gasteiger partial charge in [0.25, 0.3) is 5.56 Å². The average molecular weight is 480 g/mol. The van der Waals surface area contributed by atoms with Gasteiger partial charge in [-0.3, -0.25) is 9.20 Å². The largest absolute Gasteiger partial charge is 0.477 e. The molecule has 0 radical (unpaired) electrons. The number of nitrogens with zero attached hydrogens (tertiary/aromatic N) is 2. The molecule has 0 spiro atoms. The van der Waals surface area contributed by atoms with Gasteiger partial charge in [0.2, 0.25) is 0 Å². The van der Waals surface area contributed by atoms with Crippen LogP contribution in [0.4, 0.5) is 15.8 Å². The number of rotatable bonds is 8. The molecule has 1 aliphatic carbocycles. The Kier molecular flexibility index (Phi) is 6.23. The van der Waals surface area contributed by atoms with Crippen LogP contribution in [0, 0.1) is 18.7 Å². The Morgan fingerprint density at radius 3 is 2.66 bits per heavy atom. The molecule has 1 saturated heterocycles. The van der Waals surface area contributed by atoms with E-state index in [4.69, 9.17) is 4.74 Å². The van der Waals surface area contributed by atoms with E-state index in [9.17, 15) is 14.7 Å². The Morgan fingerprint density at radius 2 is 2.00 bits per heavy atom. The van der Waals surface area contributed by atoms with Crippen molar-refractivity contribution in [3.05, 3.63) is 75.5 Å². The molecule has 2 unspecified atom stereocenters. The maximum atomic E-state index is 15.5. The lowest BCUT2D eigenvalue weighted by atomic mass is 9.99. The van der Waals surface area contributed by atoms with Gasteiger partial charge in [-0.15, -0.1) is 0 Å². The van der Waals surface area contributed by atoms with E-state index in [-0.39, 0.29) is 23.4 Å². The second-order valence-electron chi connectivity index (χ2n) is 9.63. The van der Waals surface area contributed by atoms with Crippen LogP contribution < -0.4 is 15.8 Å². The summed E-state index contributed by atoms with van der Waals surface area (Å²) in [6.07, 6.45) is 3.92. The molecular formula is C27H30FN3O4. The van der Waals surface area contributed by atoms with Crippen LogP contribution in [0.25, 0.3) is 5.52 Å². The molecule has 2 aromatic heterocycles. The molecule has 2 N–H and O–H groups in total. The summed E-state index contributed by atoms with van der Waals surface area (Å²) in [5, 5.41) is 13.1. The predicted molar refractivity (Wildman–Crippen MR) is 133 cm³/mol. The van der Waals surface area contributed by atoms with Gasteiger partial charge in [-0.25, -0.2) is 9.18 Å². The highest BCUT2D eigenvalue weighted by Gasteiger charge is 2.34. The number of halogens is 1. The first-order valence-corrected chi connectivity index (χ1v) is 12.1. The number of benzene rings is 1. The summed E-state index contributed by atoms with van der Waals surface area (Å²) in [4.78, 5) is 26.6. The van der Waals surface area contributed by atoms with Crippen molar-refractivity contribution in [3.8, 4) is 0 Å². The summed E-state index contributed by atoms with van der Waals surface area (Å²) in [5.74, 6) is -1.36. The van der Waals surface area contributed by atoms with Crippen LogP contribution in [0.2, 0.25) is 0 Å². The van der Waals surface area contributed by atoms with Crippen molar-refractivity contribution in [2.24, 2.45) is 5.92 Å². The molecule has 2 fully saturated rings. The van der Waals surface area contributed by atoms with Crippen molar-refractivity contribution in [2.45, 2.75) is 38.1 Å². The molecule has 1 aromatic carbocycles. The van der Waals surface area contributed by atoms with Crippen molar-refractivity contribution < 1.29 is 19.0 Å². The molecule has 0 bridgehead atoms. The fourth-order valence-electron chi connectivity index (χ4n) is 5.43. The van der Waals surface area contributed by atoms with Gasteiger partial charge in [0.1, 0.15) is 5.56 Å². The average Bonchev–Trinajstić information content (AvgIpc) is 3.57. The molecule has 3 aromatic rings. The van der Waals surface area contributed by atoms with E-state index in [1.165, 1.54) is 16.7 Å². The minimum Gasteiger partial charge on any atom is -0.477 e. The number of hydrogen-bond acceptors (Lipinski definition) is 5. The maximum absolute atomic E-state index is 15.5. The van der Waals surface area contributed by atoms with E-state index in [1.54, 1.807) is 7.11 Å². The lowest BCUT2D eigenvalue weighted by Gasteiger charge is -2.27. The Bertz CT molecular complexity index is 1320. The number of fused-ring (bicyclic) bond motifs is 1. The molecule has 184 valence electrons. The van der Waals surface area contributed by atoms with Crippen LogP contribution in [0.15, 0.2) is 47.4 Å². The van der Waals surface area contributed by atoms with Crippen LogP contribution in [0.3, 0.4) is 0 Å². The highest BCUT2D eigenvalue weighted by Crippen LogP contribution is 2.44. The summed E-state index contributed by atoms with van der Waals surface area (Å²) in [6, 6.07) is 11.5. The number of methoxy groups -OCH3 is 1. The molecular weight excluding hydrogens is 449 g/mol. The summed E-state index contributed by atoms with van der Waals surface area (Å²) >= 11 is 0. The van der Waals surface area contributed by atoms with Crippen LogP contribution >= 0.6 is 0 Å². The SMILES string of the molecule is COCC(Nc1ccccc1)C1CCN(c2c(F)cn3c(=O)c(C(=O)O)cc(C4CC4)c3c2C)C1. The topological polar surface area (TPSA) is 83.3 Å². The smallest absolute Gasteiger partial charge is 0.341 e. The zero-order valence-electron chi connectivity index (χ0n) is 20.0. The third kappa shape index (κ3) is 4.38. The number of hydrogen-bond donors (Lipinski definition) is 2. The molecule has 8 heteroatoms. The van der Waals surface area contributed by atoms with E-state index in [1.807, 2.05) is 37.3 Å². The number of para-hydroxylation sites is 1. The number of pyridine rings is 2.